The van der Waals surface area contributed by atoms with Crippen LogP contribution in [0.2, 0.25) is 0 Å². The second kappa shape index (κ2) is 5.67. The van der Waals surface area contributed by atoms with Gasteiger partial charge < -0.3 is 10.3 Å². The molecule has 0 saturated heterocycles. The van der Waals surface area contributed by atoms with E-state index in [0.29, 0.717) is 0 Å². The molecule has 0 radical (unpaired) electrons. The average Bonchev–Trinajstić information content (AvgIpc) is 3.27. The minimum absolute atomic E-state index is 0.0905. The molecule has 4 heterocycles. The van der Waals surface area contributed by atoms with E-state index in [0.717, 1.165) is 53.3 Å². The van der Waals surface area contributed by atoms with Crippen molar-refractivity contribution in [2.45, 2.75) is 20.0 Å². The molecule has 0 unspecified atom stereocenters. The molecular weight excluding hydrogens is 328 g/mol. The fraction of sp³-hybridized carbons (Fsp3) is 0.211. The quantitative estimate of drug-likeness (QED) is 0.582. The van der Waals surface area contributed by atoms with E-state index < -0.39 is 0 Å². The van der Waals surface area contributed by atoms with E-state index in [4.69, 9.17) is 5.10 Å². The van der Waals surface area contributed by atoms with Gasteiger partial charge >= 0.3 is 0 Å². The topological polar surface area (TPSA) is 80.5 Å². The Kier molecular flexibility index (Phi) is 3.29. The highest BCUT2D eigenvalue weighted by molar-refractivity contribution is 5.83. The highest BCUT2D eigenvalue weighted by Gasteiger charge is 2.17. The van der Waals surface area contributed by atoms with Gasteiger partial charge in [-0.15, -0.1) is 0 Å². The van der Waals surface area contributed by atoms with E-state index in [9.17, 15) is 4.79 Å². The lowest BCUT2D eigenvalue weighted by molar-refractivity contribution is 0.476. The molecule has 4 aromatic rings. The normalized spacial score (nSPS) is 13.9. The summed E-state index contributed by atoms with van der Waals surface area (Å²) < 4.78 is 4.04. The van der Waals surface area contributed by atoms with Crippen LogP contribution in [0, 0.1) is 6.92 Å². The van der Waals surface area contributed by atoms with Gasteiger partial charge in [0.15, 0.2) is 5.82 Å². The summed E-state index contributed by atoms with van der Waals surface area (Å²) in [4.78, 5) is 19.2. The number of aromatic nitrogens is 5. The molecule has 7 nitrogen and oxygen atoms in total. The van der Waals surface area contributed by atoms with Gasteiger partial charge in [0.05, 0.1) is 17.8 Å². The number of aromatic amines is 1. The van der Waals surface area contributed by atoms with Crippen molar-refractivity contribution in [2.24, 2.45) is 0 Å². The second-order valence-electron chi connectivity index (χ2n) is 6.59. The van der Waals surface area contributed by atoms with Crippen molar-refractivity contribution in [2.75, 3.05) is 6.54 Å². The lowest BCUT2D eigenvalue weighted by atomic mass is 10.1. The summed E-state index contributed by atoms with van der Waals surface area (Å²) in [5, 5.41) is 9.10. The number of hydrogen-bond donors (Lipinski definition) is 2. The summed E-state index contributed by atoms with van der Waals surface area (Å²) in [5.41, 5.74) is 4.66. The molecule has 2 N–H and O–H groups in total. The van der Waals surface area contributed by atoms with Crippen molar-refractivity contribution >= 4 is 10.9 Å². The van der Waals surface area contributed by atoms with Gasteiger partial charge in [-0.2, -0.15) is 5.10 Å². The number of hydrogen-bond acceptors (Lipinski definition) is 4. The van der Waals surface area contributed by atoms with Crippen LogP contribution in [-0.4, -0.2) is 30.9 Å². The SMILES string of the molecule is Cc1cc(=O)[nH]c2cc(-n3ccnc3-c3cc4n(n3)CCNC4)ccc12. The van der Waals surface area contributed by atoms with Crippen molar-refractivity contribution in [3.05, 3.63) is 64.3 Å². The number of rotatable bonds is 2. The fourth-order valence-electron chi connectivity index (χ4n) is 3.58. The Morgan fingerprint density at radius 3 is 3.00 bits per heavy atom. The summed E-state index contributed by atoms with van der Waals surface area (Å²) in [6.07, 6.45) is 3.69. The van der Waals surface area contributed by atoms with Crippen molar-refractivity contribution < 1.29 is 0 Å². The number of imidazole rings is 1. The predicted octanol–water partition coefficient (Wildman–Crippen LogP) is 1.99. The Morgan fingerprint density at radius 1 is 1.19 bits per heavy atom. The molecule has 0 spiro atoms. The summed E-state index contributed by atoms with van der Waals surface area (Å²) in [7, 11) is 0. The van der Waals surface area contributed by atoms with E-state index in [1.54, 1.807) is 12.3 Å². The van der Waals surface area contributed by atoms with Gasteiger partial charge in [0, 0.05) is 42.6 Å². The Balaban J connectivity index is 1.64. The minimum atomic E-state index is -0.0905. The largest absolute Gasteiger partial charge is 0.322 e. The molecule has 0 aliphatic carbocycles. The van der Waals surface area contributed by atoms with Gasteiger partial charge in [-0.3, -0.25) is 14.0 Å². The Hall–Kier alpha value is -3.19. The molecule has 0 fully saturated rings. The lowest BCUT2D eigenvalue weighted by Crippen LogP contribution is -2.28. The third-order valence-corrected chi connectivity index (χ3v) is 4.85. The number of benzene rings is 1. The highest BCUT2D eigenvalue weighted by Crippen LogP contribution is 2.24. The number of fused-ring (bicyclic) bond motifs is 2. The van der Waals surface area contributed by atoms with Gasteiger partial charge in [-0.05, 0) is 30.7 Å². The van der Waals surface area contributed by atoms with Gasteiger partial charge in [-0.1, -0.05) is 6.07 Å². The minimum Gasteiger partial charge on any atom is -0.322 e. The Bertz CT molecular complexity index is 1160. The average molecular weight is 346 g/mol. The summed E-state index contributed by atoms with van der Waals surface area (Å²) in [6, 6.07) is 9.75. The van der Waals surface area contributed by atoms with E-state index >= 15 is 0 Å². The van der Waals surface area contributed by atoms with Crippen LogP contribution in [0.25, 0.3) is 28.1 Å². The first-order valence-corrected chi connectivity index (χ1v) is 8.64. The maximum Gasteiger partial charge on any atom is 0.248 e. The van der Waals surface area contributed by atoms with Crippen LogP contribution < -0.4 is 10.9 Å². The van der Waals surface area contributed by atoms with Gasteiger partial charge in [0.1, 0.15) is 5.69 Å². The maximum absolute atomic E-state index is 11.8. The van der Waals surface area contributed by atoms with Gasteiger partial charge in [-0.25, -0.2) is 4.98 Å². The molecule has 0 saturated carbocycles. The first-order valence-electron chi connectivity index (χ1n) is 8.64. The molecule has 7 heteroatoms. The Labute approximate surface area is 149 Å². The van der Waals surface area contributed by atoms with E-state index in [1.807, 2.05) is 40.6 Å². The molecule has 26 heavy (non-hydrogen) atoms. The van der Waals surface area contributed by atoms with Gasteiger partial charge in [0.25, 0.3) is 0 Å². The number of nitrogens with zero attached hydrogens (tertiary/aromatic N) is 4. The fourth-order valence-corrected chi connectivity index (χ4v) is 3.58. The van der Waals surface area contributed by atoms with Crippen LogP contribution >= 0.6 is 0 Å². The molecular formula is C19H18N6O. The summed E-state index contributed by atoms with van der Waals surface area (Å²) in [6.45, 7) is 4.57. The zero-order chi connectivity index (χ0) is 17.7. The van der Waals surface area contributed by atoms with E-state index in [1.165, 1.54) is 5.69 Å². The molecule has 5 rings (SSSR count). The molecule has 1 aromatic carbocycles. The molecule has 0 atom stereocenters. The molecule has 1 aliphatic heterocycles. The van der Waals surface area contributed by atoms with Crippen LogP contribution in [0.15, 0.2) is 47.5 Å². The maximum atomic E-state index is 11.8. The third kappa shape index (κ3) is 2.36. The molecule has 0 amide bonds. The molecule has 1 aliphatic rings. The summed E-state index contributed by atoms with van der Waals surface area (Å²) >= 11 is 0. The number of nitrogens with one attached hydrogen (secondary N) is 2. The molecule has 3 aromatic heterocycles. The van der Waals surface area contributed by atoms with Crippen LogP contribution in [0.1, 0.15) is 11.3 Å². The zero-order valence-corrected chi connectivity index (χ0v) is 14.4. The first kappa shape index (κ1) is 15.1. The lowest BCUT2D eigenvalue weighted by Gasteiger charge is -2.13. The van der Waals surface area contributed by atoms with Gasteiger partial charge in [0.2, 0.25) is 5.56 Å². The van der Waals surface area contributed by atoms with Crippen molar-refractivity contribution in [1.29, 1.82) is 0 Å². The first-order chi connectivity index (χ1) is 12.7. The number of H-pyrrole nitrogens is 1. The van der Waals surface area contributed by atoms with E-state index in [-0.39, 0.29) is 5.56 Å². The van der Waals surface area contributed by atoms with Crippen LogP contribution in [0.4, 0.5) is 0 Å². The number of pyridine rings is 1. The Morgan fingerprint density at radius 2 is 2.12 bits per heavy atom. The number of aryl methyl sites for hydroxylation is 1. The van der Waals surface area contributed by atoms with Crippen molar-refractivity contribution in [3.8, 4) is 17.2 Å². The smallest absolute Gasteiger partial charge is 0.248 e. The summed E-state index contributed by atoms with van der Waals surface area (Å²) in [5.74, 6) is 0.793. The predicted molar refractivity (Wildman–Crippen MR) is 99.4 cm³/mol. The molecule has 130 valence electrons. The third-order valence-electron chi connectivity index (χ3n) is 4.85. The van der Waals surface area contributed by atoms with Crippen molar-refractivity contribution in [1.82, 2.24) is 29.6 Å². The van der Waals surface area contributed by atoms with Crippen molar-refractivity contribution in [3.63, 3.8) is 0 Å². The second-order valence-corrected chi connectivity index (χ2v) is 6.59. The van der Waals surface area contributed by atoms with Crippen LogP contribution in [0.3, 0.4) is 0 Å². The van der Waals surface area contributed by atoms with Crippen LogP contribution in [-0.2, 0) is 13.1 Å². The molecule has 0 bridgehead atoms. The van der Waals surface area contributed by atoms with Crippen LogP contribution in [0.5, 0.6) is 0 Å². The zero-order valence-electron chi connectivity index (χ0n) is 14.4. The van der Waals surface area contributed by atoms with E-state index in [2.05, 4.69) is 21.4 Å². The highest BCUT2D eigenvalue weighted by atomic mass is 16.1. The standard InChI is InChI=1S/C19H18N6O/c1-12-8-18(26)22-16-9-13(2-3-15(12)16)24-6-5-21-19(24)17-10-14-11-20-4-7-25(14)23-17/h2-3,5-6,8-10,20H,4,7,11H2,1H3,(H,22,26). The monoisotopic (exact) mass is 346 g/mol.